The van der Waals surface area contributed by atoms with Crippen molar-refractivity contribution in [2.75, 3.05) is 7.05 Å². The van der Waals surface area contributed by atoms with Crippen LogP contribution in [0.2, 0.25) is 0 Å². The monoisotopic (exact) mass is 368 g/mol. The molecule has 150 valence electrons. The van der Waals surface area contributed by atoms with Gasteiger partial charge in [0.15, 0.2) is 0 Å². The minimum Gasteiger partial charge on any atom is -0.384 e. The van der Waals surface area contributed by atoms with E-state index in [1.54, 1.807) is 0 Å². The summed E-state index contributed by atoms with van der Waals surface area (Å²) in [5.74, 6) is 0. The van der Waals surface area contributed by atoms with Gasteiger partial charge in [-0.1, -0.05) is 72.1 Å². The molecule has 2 atom stereocenters. The molecule has 0 aliphatic heterocycles. The Morgan fingerprint density at radius 3 is 2.41 bits per heavy atom. The van der Waals surface area contributed by atoms with E-state index in [0.29, 0.717) is 6.04 Å². The molecule has 1 aliphatic carbocycles. The number of hydrogen-bond acceptors (Lipinski definition) is 2. The molecule has 2 unspecified atom stereocenters. The molecule has 2 heteroatoms. The fraction of sp³-hybridized carbons (Fsp3) is 0.560. The van der Waals surface area contributed by atoms with Gasteiger partial charge < -0.3 is 10.6 Å². The Labute approximate surface area is 167 Å². The molecule has 0 amide bonds. The fourth-order valence-electron chi connectivity index (χ4n) is 3.69. The molecule has 2 N–H and O–H groups in total. The second-order valence-electron chi connectivity index (χ2n) is 9.20. The number of nitrogens with one attached hydrogen (secondary N) is 2. The van der Waals surface area contributed by atoms with Gasteiger partial charge in [-0.3, -0.25) is 0 Å². The van der Waals surface area contributed by atoms with Gasteiger partial charge in [-0.15, -0.1) is 5.73 Å². The summed E-state index contributed by atoms with van der Waals surface area (Å²) in [6.07, 6.45) is 14.3. The van der Waals surface area contributed by atoms with Gasteiger partial charge in [0.2, 0.25) is 0 Å². The van der Waals surface area contributed by atoms with Crippen LogP contribution in [0.3, 0.4) is 0 Å². The molecule has 0 heterocycles. The Morgan fingerprint density at radius 1 is 1.26 bits per heavy atom. The molecule has 0 saturated carbocycles. The van der Waals surface area contributed by atoms with Crippen molar-refractivity contribution < 1.29 is 0 Å². The summed E-state index contributed by atoms with van der Waals surface area (Å²) < 4.78 is 0. The van der Waals surface area contributed by atoms with Crippen molar-refractivity contribution in [2.45, 2.75) is 72.9 Å². The van der Waals surface area contributed by atoms with Crippen molar-refractivity contribution in [3.8, 4) is 0 Å². The molecule has 27 heavy (non-hydrogen) atoms. The normalized spacial score (nSPS) is 17.6. The highest BCUT2D eigenvalue weighted by molar-refractivity contribution is 5.33. The summed E-state index contributed by atoms with van der Waals surface area (Å²) >= 11 is 0. The van der Waals surface area contributed by atoms with Gasteiger partial charge in [0.05, 0.1) is 6.04 Å². The molecule has 1 rings (SSSR count). The van der Waals surface area contributed by atoms with Crippen LogP contribution in [0, 0.1) is 10.8 Å². The zero-order chi connectivity index (χ0) is 20.7. The van der Waals surface area contributed by atoms with Crippen LogP contribution in [-0.2, 0) is 0 Å². The molecule has 0 spiro atoms. The average Bonchev–Trinajstić information content (AvgIpc) is 2.59. The summed E-state index contributed by atoms with van der Waals surface area (Å²) in [4.78, 5) is 0. The molecule has 0 saturated heterocycles. The van der Waals surface area contributed by atoms with Gasteiger partial charge in [0, 0.05) is 17.2 Å². The van der Waals surface area contributed by atoms with Gasteiger partial charge in [-0.2, -0.15) is 0 Å². The van der Waals surface area contributed by atoms with E-state index in [2.05, 4.69) is 95.4 Å². The second kappa shape index (κ2) is 9.97. The van der Waals surface area contributed by atoms with E-state index in [4.69, 9.17) is 0 Å². The van der Waals surface area contributed by atoms with Crippen molar-refractivity contribution >= 4 is 0 Å². The third-order valence-corrected chi connectivity index (χ3v) is 5.51. The molecule has 0 fully saturated rings. The lowest BCUT2D eigenvalue weighted by molar-refractivity contribution is 0.261. The van der Waals surface area contributed by atoms with E-state index in [-0.39, 0.29) is 16.9 Å². The Kier molecular flexibility index (Phi) is 8.59. The lowest BCUT2D eigenvalue weighted by Gasteiger charge is -2.41. The van der Waals surface area contributed by atoms with Crippen LogP contribution < -0.4 is 10.6 Å². The number of likely N-dealkylation sites (N-methyl/N-ethyl adjacent to an activating group) is 1. The summed E-state index contributed by atoms with van der Waals surface area (Å²) in [5, 5.41) is 7.25. The molecule has 0 aromatic carbocycles. The Bertz CT molecular complexity index is 646. The van der Waals surface area contributed by atoms with E-state index in [1.165, 1.54) is 11.1 Å². The van der Waals surface area contributed by atoms with Crippen molar-refractivity contribution in [1.82, 2.24) is 10.6 Å². The first-order valence-corrected chi connectivity index (χ1v) is 10.1. The van der Waals surface area contributed by atoms with Crippen LogP contribution in [0.25, 0.3) is 0 Å². The Morgan fingerprint density at radius 2 is 1.93 bits per heavy atom. The van der Waals surface area contributed by atoms with Gasteiger partial charge in [-0.05, 0) is 55.9 Å². The Balaban J connectivity index is 3.00. The van der Waals surface area contributed by atoms with Crippen LogP contribution in [0.15, 0.2) is 66.1 Å². The van der Waals surface area contributed by atoms with E-state index in [0.717, 1.165) is 25.0 Å². The molecule has 1 aliphatic rings. The summed E-state index contributed by atoms with van der Waals surface area (Å²) in [6, 6.07) is 0.440. The Hall–Kier alpha value is -1.76. The molecular weight excluding hydrogens is 328 g/mol. The zero-order valence-corrected chi connectivity index (χ0v) is 18.6. The highest BCUT2D eigenvalue weighted by atomic mass is 15.0. The third kappa shape index (κ3) is 6.72. The highest BCUT2D eigenvalue weighted by Gasteiger charge is 2.35. The fourth-order valence-corrected chi connectivity index (χ4v) is 3.69. The first kappa shape index (κ1) is 23.3. The predicted molar refractivity (Wildman–Crippen MR) is 121 cm³/mol. The number of hydrogen-bond donors (Lipinski definition) is 2. The SMILES string of the molecule is C=C=C/C(C)=C/CC(NC(=C)C(NC)C(C)(C)C1=CCCC=C1)C(C)(C)C. The largest absolute Gasteiger partial charge is 0.384 e. The van der Waals surface area contributed by atoms with E-state index in [9.17, 15) is 0 Å². The van der Waals surface area contributed by atoms with Gasteiger partial charge in [0.1, 0.15) is 0 Å². The van der Waals surface area contributed by atoms with Gasteiger partial charge in [-0.25, -0.2) is 0 Å². The van der Waals surface area contributed by atoms with Crippen molar-refractivity contribution in [3.63, 3.8) is 0 Å². The van der Waals surface area contributed by atoms with Crippen LogP contribution in [0.1, 0.15) is 60.8 Å². The first-order chi connectivity index (χ1) is 12.5. The van der Waals surface area contributed by atoms with Crippen molar-refractivity contribution in [3.05, 3.63) is 66.1 Å². The van der Waals surface area contributed by atoms with Crippen molar-refractivity contribution in [1.29, 1.82) is 0 Å². The molecule has 0 radical (unpaired) electrons. The standard InChI is InChI=1S/C25H40N2/c1-10-14-19(2)17-18-22(24(4,5)6)27-20(3)23(26-9)25(7,8)21-15-12-11-13-16-21/h12,14-17,22-23,26-27H,1,3,11,13,18H2,2,4-9H3/b19-17+. The third-order valence-electron chi connectivity index (χ3n) is 5.51. The zero-order valence-electron chi connectivity index (χ0n) is 18.6. The van der Waals surface area contributed by atoms with Crippen molar-refractivity contribution in [2.24, 2.45) is 10.8 Å². The van der Waals surface area contributed by atoms with E-state index in [1.807, 2.05) is 13.1 Å². The predicted octanol–water partition coefficient (Wildman–Crippen LogP) is 6.07. The maximum Gasteiger partial charge on any atom is 0.0553 e. The van der Waals surface area contributed by atoms with E-state index < -0.39 is 0 Å². The topological polar surface area (TPSA) is 24.1 Å². The van der Waals surface area contributed by atoms with Gasteiger partial charge >= 0.3 is 0 Å². The molecular formula is C25H40N2. The highest BCUT2D eigenvalue weighted by Crippen LogP contribution is 2.36. The second-order valence-corrected chi connectivity index (χ2v) is 9.20. The summed E-state index contributed by atoms with van der Waals surface area (Å²) in [7, 11) is 2.03. The summed E-state index contributed by atoms with van der Waals surface area (Å²) in [5.41, 5.74) is 6.56. The van der Waals surface area contributed by atoms with Crippen LogP contribution in [0.4, 0.5) is 0 Å². The minimum atomic E-state index is -0.0322. The maximum absolute atomic E-state index is 4.43. The molecule has 0 aromatic rings. The molecule has 0 bridgehead atoms. The maximum atomic E-state index is 4.43. The number of allylic oxidation sites excluding steroid dienone is 5. The lowest BCUT2D eigenvalue weighted by Crippen LogP contribution is -2.50. The van der Waals surface area contributed by atoms with Crippen LogP contribution in [0.5, 0.6) is 0 Å². The first-order valence-electron chi connectivity index (χ1n) is 10.1. The minimum absolute atomic E-state index is 0.0322. The molecule has 2 nitrogen and oxygen atoms in total. The van der Waals surface area contributed by atoms with Gasteiger partial charge in [0.25, 0.3) is 0 Å². The smallest absolute Gasteiger partial charge is 0.0553 e. The van der Waals surface area contributed by atoms with Crippen LogP contribution >= 0.6 is 0 Å². The van der Waals surface area contributed by atoms with Crippen LogP contribution in [-0.4, -0.2) is 19.1 Å². The molecule has 0 aromatic heterocycles. The summed E-state index contributed by atoms with van der Waals surface area (Å²) in [6.45, 7) is 21.6. The number of rotatable bonds is 9. The quantitative estimate of drug-likeness (QED) is 0.381. The average molecular weight is 369 g/mol. The lowest BCUT2D eigenvalue weighted by atomic mass is 9.74. The van der Waals surface area contributed by atoms with E-state index >= 15 is 0 Å².